The Morgan fingerprint density at radius 1 is 1.22 bits per heavy atom. The van der Waals surface area contributed by atoms with E-state index in [-0.39, 0.29) is 18.3 Å². The third kappa shape index (κ3) is 3.48. The number of amides is 1. The first kappa shape index (κ1) is 17.1. The molecule has 0 bridgehead atoms. The molecular weight excluding hydrogens is 349 g/mol. The lowest BCUT2D eigenvalue weighted by molar-refractivity contribution is -0.130. The monoisotopic (exact) mass is 367 g/mol. The molecule has 1 aromatic heterocycles. The average Bonchev–Trinajstić information content (AvgIpc) is 3.12. The lowest BCUT2D eigenvalue weighted by Gasteiger charge is -2.27. The molecule has 27 heavy (non-hydrogen) atoms. The zero-order valence-corrected chi connectivity index (χ0v) is 14.6. The molecule has 0 saturated heterocycles. The minimum atomic E-state index is -0.789. The summed E-state index contributed by atoms with van der Waals surface area (Å²) in [5.41, 5.74) is 0.719. The van der Waals surface area contributed by atoms with Crippen molar-refractivity contribution in [2.24, 2.45) is 7.05 Å². The summed E-state index contributed by atoms with van der Waals surface area (Å²) in [6.45, 7) is 0.111. The fourth-order valence-corrected chi connectivity index (χ4v) is 2.99. The summed E-state index contributed by atoms with van der Waals surface area (Å²) in [5.74, 6) is 1.10. The van der Waals surface area contributed by atoms with E-state index >= 15 is 0 Å². The summed E-state index contributed by atoms with van der Waals surface area (Å²) < 4.78 is 26.5. The van der Waals surface area contributed by atoms with Gasteiger partial charge in [0.1, 0.15) is 24.3 Å². The maximum Gasteiger partial charge on any atom is 0.265 e. The second-order valence-corrected chi connectivity index (χ2v) is 6.25. The molecule has 0 fully saturated rings. The van der Waals surface area contributed by atoms with Crippen molar-refractivity contribution in [1.29, 1.82) is 0 Å². The normalized spacial score (nSPS) is 16.6. The Balaban J connectivity index is 1.58. The van der Waals surface area contributed by atoms with Crippen LogP contribution in [0.2, 0.25) is 0 Å². The number of hydrogen-bond donors (Lipinski definition) is 1. The minimum absolute atomic E-state index is 0.111. The van der Waals surface area contributed by atoms with E-state index in [1.807, 2.05) is 23.7 Å². The molecule has 1 aliphatic rings. The fraction of sp³-hybridized carbons (Fsp3) is 0.200. The van der Waals surface area contributed by atoms with E-state index in [1.165, 1.54) is 12.1 Å². The van der Waals surface area contributed by atoms with Gasteiger partial charge >= 0.3 is 0 Å². The SMILES string of the molecule is Cn1ccnc1[C@@H](NC(=O)[C@@H]1COc2ccccc2O1)c1ccc(F)cc1. The number of benzene rings is 2. The van der Waals surface area contributed by atoms with Crippen LogP contribution in [0.3, 0.4) is 0 Å². The third-order valence-electron chi connectivity index (χ3n) is 4.41. The van der Waals surface area contributed by atoms with E-state index in [2.05, 4.69) is 10.3 Å². The Morgan fingerprint density at radius 2 is 1.96 bits per heavy atom. The maximum atomic E-state index is 13.3. The number of rotatable bonds is 4. The first-order valence-electron chi connectivity index (χ1n) is 8.53. The number of hydrogen-bond acceptors (Lipinski definition) is 4. The molecule has 1 amide bonds. The third-order valence-corrected chi connectivity index (χ3v) is 4.41. The van der Waals surface area contributed by atoms with Crippen LogP contribution in [0.25, 0.3) is 0 Å². The van der Waals surface area contributed by atoms with Crippen LogP contribution in [-0.4, -0.2) is 28.2 Å². The number of nitrogens with one attached hydrogen (secondary N) is 1. The Kier molecular flexibility index (Phi) is 4.50. The summed E-state index contributed by atoms with van der Waals surface area (Å²) in [6.07, 6.45) is 2.64. The van der Waals surface area contributed by atoms with Gasteiger partial charge in [-0.15, -0.1) is 0 Å². The van der Waals surface area contributed by atoms with Gasteiger partial charge in [-0.05, 0) is 29.8 Å². The van der Waals surface area contributed by atoms with Crippen LogP contribution in [0.1, 0.15) is 17.4 Å². The van der Waals surface area contributed by atoms with Crippen LogP contribution in [0, 0.1) is 5.82 Å². The van der Waals surface area contributed by atoms with Crippen LogP contribution in [0.15, 0.2) is 60.9 Å². The summed E-state index contributed by atoms with van der Waals surface area (Å²) in [6, 6.07) is 12.6. The van der Waals surface area contributed by atoms with Gasteiger partial charge in [0, 0.05) is 19.4 Å². The van der Waals surface area contributed by atoms with Crippen LogP contribution in [0.4, 0.5) is 4.39 Å². The Morgan fingerprint density at radius 3 is 2.67 bits per heavy atom. The molecular formula is C20H18FN3O3. The molecule has 4 rings (SSSR count). The Labute approximate surface area is 155 Å². The zero-order valence-electron chi connectivity index (χ0n) is 14.6. The number of aromatic nitrogens is 2. The van der Waals surface area contributed by atoms with Gasteiger partial charge in [0.15, 0.2) is 11.5 Å². The van der Waals surface area contributed by atoms with E-state index in [1.54, 1.807) is 36.7 Å². The quantitative estimate of drug-likeness (QED) is 0.770. The van der Waals surface area contributed by atoms with Crippen molar-refractivity contribution >= 4 is 5.91 Å². The van der Waals surface area contributed by atoms with Gasteiger partial charge in [0.25, 0.3) is 5.91 Å². The Bertz CT molecular complexity index is 955. The second-order valence-electron chi connectivity index (χ2n) is 6.25. The molecule has 0 aliphatic carbocycles. The van der Waals surface area contributed by atoms with Crippen molar-refractivity contribution in [3.05, 3.63) is 78.1 Å². The van der Waals surface area contributed by atoms with Crippen molar-refractivity contribution in [3.8, 4) is 11.5 Å². The smallest absolute Gasteiger partial charge is 0.265 e. The highest BCUT2D eigenvalue weighted by Crippen LogP contribution is 2.31. The molecule has 0 radical (unpaired) electrons. The molecule has 138 valence electrons. The van der Waals surface area contributed by atoms with Gasteiger partial charge in [-0.3, -0.25) is 4.79 Å². The number of carbonyl (C=O) groups excluding carboxylic acids is 1. The van der Waals surface area contributed by atoms with Gasteiger partial charge in [-0.1, -0.05) is 24.3 Å². The predicted molar refractivity (Wildman–Crippen MR) is 95.9 cm³/mol. The molecule has 7 heteroatoms. The lowest BCUT2D eigenvalue weighted by Crippen LogP contribution is -2.45. The van der Waals surface area contributed by atoms with Crippen LogP contribution in [-0.2, 0) is 11.8 Å². The summed E-state index contributed by atoms with van der Waals surface area (Å²) >= 11 is 0. The molecule has 3 aromatic rings. The largest absolute Gasteiger partial charge is 0.485 e. The molecule has 1 aliphatic heterocycles. The highest BCUT2D eigenvalue weighted by atomic mass is 19.1. The number of ether oxygens (including phenoxy) is 2. The highest BCUT2D eigenvalue weighted by Gasteiger charge is 2.30. The molecule has 2 heterocycles. The van der Waals surface area contributed by atoms with Crippen molar-refractivity contribution < 1.29 is 18.7 Å². The number of para-hydroxylation sites is 2. The number of aryl methyl sites for hydroxylation is 1. The number of imidazole rings is 1. The molecule has 1 N–H and O–H groups in total. The van der Waals surface area contributed by atoms with Gasteiger partial charge in [-0.2, -0.15) is 0 Å². The number of carbonyl (C=O) groups is 1. The van der Waals surface area contributed by atoms with E-state index in [9.17, 15) is 9.18 Å². The summed E-state index contributed by atoms with van der Waals surface area (Å²) in [5, 5.41) is 2.95. The van der Waals surface area contributed by atoms with Gasteiger partial charge in [0.2, 0.25) is 6.10 Å². The van der Waals surface area contributed by atoms with Gasteiger partial charge < -0.3 is 19.4 Å². The minimum Gasteiger partial charge on any atom is -0.485 e. The first-order chi connectivity index (χ1) is 13.1. The molecule has 6 nitrogen and oxygen atoms in total. The molecule has 2 aromatic carbocycles. The maximum absolute atomic E-state index is 13.3. The highest BCUT2D eigenvalue weighted by molar-refractivity contribution is 5.82. The standard InChI is InChI=1S/C20H18FN3O3/c1-24-11-10-22-19(24)18(13-6-8-14(21)9-7-13)23-20(25)17-12-26-15-4-2-3-5-16(15)27-17/h2-11,17-18H,12H2,1H3,(H,23,25)/t17-,18-/m0/s1. The van der Waals surface area contributed by atoms with Crippen LogP contribution < -0.4 is 14.8 Å². The molecule has 2 atom stereocenters. The number of halogens is 1. The van der Waals surface area contributed by atoms with Gasteiger partial charge in [-0.25, -0.2) is 9.37 Å². The van der Waals surface area contributed by atoms with E-state index in [0.717, 1.165) is 5.56 Å². The predicted octanol–water partition coefficient (Wildman–Crippen LogP) is 2.60. The number of fused-ring (bicyclic) bond motifs is 1. The van der Waals surface area contributed by atoms with Gasteiger partial charge in [0.05, 0.1) is 0 Å². The van der Waals surface area contributed by atoms with Crippen LogP contribution >= 0.6 is 0 Å². The molecule has 0 saturated carbocycles. The fourth-order valence-electron chi connectivity index (χ4n) is 2.99. The molecule has 0 spiro atoms. The Hall–Kier alpha value is -3.35. The number of nitrogens with zero attached hydrogens (tertiary/aromatic N) is 2. The average molecular weight is 367 g/mol. The topological polar surface area (TPSA) is 65.4 Å². The second kappa shape index (κ2) is 7.11. The van der Waals surface area contributed by atoms with Crippen LogP contribution in [0.5, 0.6) is 11.5 Å². The zero-order chi connectivity index (χ0) is 18.8. The lowest BCUT2D eigenvalue weighted by atomic mass is 10.1. The van der Waals surface area contributed by atoms with Crippen molar-refractivity contribution in [3.63, 3.8) is 0 Å². The first-order valence-corrected chi connectivity index (χ1v) is 8.53. The summed E-state index contributed by atoms with van der Waals surface area (Å²) in [4.78, 5) is 17.2. The van der Waals surface area contributed by atoms with E-state index < -0.39 is 12.1 Å². The summed E-state index contributed by atoms with van der Waals surface area (Å²) in [7, 11) is 1.83. The van der Waals surface area contributed by atoms with Crippen molar-refractivity contribution in [1.82, 2.24) is 14.9 Å². The van der Waals surface area contributed by atoms with E-state index in [4.69, 9.17) is 9.47 Å². The van der Waals surface area contributed by atoms with Crippen molar-refractivity contribution in [2.45, 2.75) is 12.1 Å². The van der Waals surface area contributed by atoms with E-state index in [0.29, 0.717) is 17.3 Å². The molecule has 0 unspecified atom stereocenters. The van der Waals surface area contributed by atoms with Crippen molar-refractivity contribution in [2.75, 3.05) is 6.61 Å².